The van der Waals surface area contributed by atoms with E-state index in [0.717, 1.165) is 12.2 Å². The zero-order valence-electron chi connectivity index (χ0n) is 25.1. The Kier molecular flexibility index (Phi) is 17.7. The molecular formula is C34H42O10. The molecule has 0 aliphatic carbocycles. The van der Waals surface area contributed by atoms with Crippen LogP contribution in [0.1, 0.15) is 46.4 Å². The predicted octanol–water partition coefficient (Wildman–Crippen LogP) is 5.70. The minimum Gasteiger partial charge on any atom is -0.468 e. The van der Waals surface area contributed by atoms with Gasteiger partial charge in [-0.05, 0) is 49.2 Å². The molecule has 0 aliphatic heterocycles. The van der Waals surface area contributed by atoms with Crippen LogP contribution in [0.25, 0.3) is 0 Å². The van der Waals surface area contributed by atoms with Crippen LogP contribution in [0.2, 0.25) is 0 Å². The Morgan fingerprint density at radius 2 is 0.932 bits per heavy atom. The van der Waals surface area contributed by atoms with Gasteiger partial charge in [0.2, 0.25) is 0 Å². The predicted molar refractivity (Wildman–Crippen MR) is 163 cm³/mol. The summed E-state index contributed by atoms with van der Waals surface area (Å²) in [5, 5.41) is 0. The molecule has 10 heteroatoms. The lowest BCUT2D eigenvalue weighted by molar-refractivity contribution is 0.00157. The van der Waals surface area contributed by atoms with E-state index < -0.39 is 5.97 Å². The third-order valence-corrected chi connectivity index (χ3v) is 5.95. The molecule has 3 aromatic carbocycles. The summed E-state index contributed by atoms with van der Waals surface area (Å²) in [6, 6.07) is 25.3. The summed E-state index contributed by atoms with van der Waals surface area (Å²) in [6.45, 7) is 3.73. The third kappa shape index (κ3) is 15.0. The number of benzene rings is 3. The molecule has 0 radical (unpaired) electrons. The number of hydrogen-bond donors (Lipinski definition) is 0. The first-order chi connectivity index (χ1) is 21.7. The Bertz CT molecular complexity index is 1170. The summed E-state index contributed by atoms with van der Waals surface area (Å²) in [5.74, 6) is 0.369. The van der Waals surface area contributed by atoms with Gasteiger partial charge in [-0.1, -0.05) is 48.5 Å². The van der Waals surface area contributed by atoms with Gasteiger partial charge in [-0.3, -0.25) is 0 Å². The summed E-state index contributed by atoms with van der Waals surface area (Å²) >= 11 is 0. The minimum absolute atomic E-state index is 0.00430. The van der Waals surface area contributed by atoms with Gasteiger partial charge in [-0.15, -0.1) is 0 Å². The van der Waals surface area contributed by atoms with Crippen molar-refractivity contribution in [1.29, 1.82) is 0 Å². The van der Waals surface area contributed by atoms with Crippen molar-refractivity contribution < 1.29 is 47.5 Å². The number of ether oxygens (including phenoxy) is 8. The maximum absolute atomic E-state index is 12.5. The van der Waals surface area contributed by atoms with E-state index in [9.17, 15) is 9.59 Å². The van der Waals surface area contributed by atoms with Crippen molar-refractivity contribution in [1.82, 2.24) is 0 Å². The zero-order valence-corrected chi connectivity index (χ0v) is 25.1. The minimum atomic E-state index is -0.463. The molecule has 0 unspecified atom stereocenters. The second kappa shape index (κ2) is 22.6. The quantitative estimate of drug-likeness (QED) is 0.0712. The second-order valence-corrected chi connectivity index (χ2v) is 9.43. The van der Waals surface area contributed by atoms with Crippen LogP contribution in [0, 0.1) is 0 Å². The van der Waals surface area contributed by atoms with Crippen LogP contribution in [-0.4, -0.2) is 78.4 Å². The van der Waals surface area contributed by atoms with E-state index in [2.05, 4.69) is 0 Å². The number of hydrogen-bond acceptors (Lipinski definition) is 10. The standard InChI is InChI=1S/C34H42O10/c35-33(29-13-3-1-4-14-29)41-25-11-21-37-20-10-24-40-28-44-32-18-8-7-17-31(32)34(36)42-26-12-22-38-19-9-23-39-27-43-30-15-5-2-6-16-30/h1-8,13-18H,9-12,19-28H2. The van der Waals surface area contributed by atoms with Gasteiger partial charge >= 0.3 is 11.9 Å². The van der Waals surface area contributed by atoms with E-state index in [1.165, 1.54) is 0 Å². The van der Waals surface area contributed by atoms with E-state index in [4.69, 9.17) is 37.9 Å². The molecule has 0 aromatic heterocycles. The molecule has 0 N–H and O–H groups in total. The normalized spacial score (nSPS) is 10.7. The van der Waals surface area contributed by atoms with Crippen molar-refractivity contribution in [2.45, 2.75) is 25.7 Å². The van der Waals surface area contributed by atoms with E-state index in [-0.39, 0.29) is 26.2 Å². The van der Waals surface area contributed by atoms with Crippen LogP contribution in [0.4, 0.5) is 0 Å². The average molecular weight is 611 g/mol. The molecule has 0 amide bonds. The Morgan fingerprint density at radius 1 is 0.455 bits per heavy atom. The maximum Gasteiger partial charge on any atom is 0.341 e. The van der Waals surface area contributed by atoms with E-state index in [1.54, 1.807) is 48.5 Å². The highest BCUT2D eigenvalue weighted by molar-refractivity contribution is 5.92. The summed E-state index contributed by atoms with van der Waals surface area (Å²) in [5.41, 5.74) is 0.872. The first kappa shape index (κ1) is 34.5. The molecule has 0 heterocycles. The lowest BCUT2D eigenvalue weighted by Gasteiger charge is -2.12. The number of para-hydroxylation sites is 2. The average Bonchev–Trinajstić information content (AvgIpc) is 3.07. The Morgan fingerprint density at radius 3 is 1.57 bits per heavy atom. The summed E-state index contributed by atoms with van der Waals surface area (Å²) < 4.78 is 43.8. The Balaban J connectivity index is 1.13. The van der Waals surface area contributed by atoms with Crippen LogP contribution < -0.4 is 9.47 Å². The van der Waals surface area contributed by atoms with Crippen LogP contribution in [-0.2, 0) is 28.4 Å². The first-order valence-corrected chi connectivity index (χ1v) is 14.8. The van der Waals surface area contributed by atoms with Crippen LogP contribution in [0.5, 0.6) is 11.5 Å². The topological polar surface area (TPSA) is 108 Å². The summed E-state index contributed by atoms with van der Waals surface area (Å²) in [7, 11) is 0. The van der Waals surface area contributed by atoms with Gasteiger partial charge in [-0.2, -0.15) is 0 Å². The molecular weight excluding hydrogens is 568 g/mol. The maximum atomic E-state index is 12.5. The van der Waals surface area contributed by atoms with Gasteiger partial charge in [0.25, 0.3) is 0 Å². The van der Waals surface area contributed by atoms with Gasteiger partial charge in [0.1, 0.15) is 17.1 Å². The lowest BCUT2D eigenvalue weighted by Crippen LogP contribution is -2.12. The Labute approximate surface area is 259 Å². The molecule has 0 atom stereocenters. The van der Waals surface area contributed by atoms with Gasteiger partial charge in [0.05, 0.1) is 32.0 Å². The highest BCUT2D eigenvalue weighted by Gasteiger charge is 2.13. The van der Waals surface area contributed by atoms with Gasteiger partial charge in [0.15, 0.2) is 13.6 Å². The molecule has 3 rings (SSSR count). The molecule has 0 spiro atoms. The molecule has 44 heavy (non-hydrogen) atoms. The van der Waals surface area contributed by atoms with E-state index in [0.29, 0.717) is 82.4 Å². The van der Waals surface area contributed by atoms with Crippen molar-refractivity contribution in [3.8, 4) is 11.5 Å². The Hall–Kier alpha value is -3.96. The number of carbonyl (C=O) groups excluding carboxylic acids is 2. The van der Waals surface area contributed by atoms with Crippen LogP contribution >= 0.6 is 0 Å². The first-order valence-electron chi connectivity index (χ1n) is 14.8. The molecule has 0 fully saturated rings. The zero-order chi connectivity index (χ0) is 30.9. The number of esters is 2. The van der Waals surface area contributed by atoms with Crippen molar-refractivity contribution in [2.75, 3.05) is 66.4 Å². The smallest absolute Gasteiger partial charge is 0.341 e. The van der Waals surface area contributed by atoms with Gasteiger partial charge < -0.3 is 37.9 Å². The summed E-state index contributed by atoms with van der Waals surface area (Å²) in [6.07, 6.45) is 2.61. The SMILES string of the molecule is O=C(OCCCOCCCOCOc1ccccc1C(=O)OCCCOCCCOCOc1ccccc1)c1ccccc1. The molecule has 0 saturated carbocycles. The van der Waals surface area contributed by atoms with Crippen LogP contribution in [0.3, 0.4) is 0 Å². The van der Waals surface area contributed by atoms with Crippen molar-refractivity contribution in [3.63, 3.8) is 0 Å². The molecule has 0 bridgehead atoms. The molecule has 0 aliphatic rings. The summed E-state index contributed by atoms with van der Waals surface area (Å²) in [4.78, 5) is 24.4. The molecule has 0 saturated heterocycles. The van der Waals surface area contributed by atoms with E-state index >= 15 is 0 Å². The third-order valence-electron chi connectivity index (χ3n) is 5.95. The number of rotatable bonds is 24. The molecule has 10 nitrogen and oxygen atoms in total. The van der Waals surface area contributed by atoms with Crippen molar-refractivity contribution >= 4 is 11.9 Å². The fraction of sp³-hybridized carbons (Fsp3) is 0.412. The van der Waals surface area contributed by atoms with Gasteiger partial charge in [-0.25, -0.2) is 9.59 Å². The molecule has 3 aromatic rings. The highest BCUT2D eigenvalue weighted by atomic mass is 16.7. The van der Waals surface area contributed by atoms with Gasteiger partial charge in [0, 0.05) is 39.3 Å². The van der Waals surface area contributed by atoms with Crippen molar-refractivity contribution in [2.24, 2.45) is 0 Å². The lowest BCUT2D eigenvalue weighted by atomic mass is 10.2. The second-order valence-electron chi connectivity index (χ2n) is 9.43. The fourth-order valence-corrected chi connectivity index (χ4v) is 3.73. The number of carbonyl (C=O) groups is 2. The molecule has 238 valence electrons. The largest absolute Gasteiger partial charge is 0.468 e. The van der Waals surface area contributed by atoms with Crippen LogP contribution in [0.15, 0.2) is 84.9 Å². The highest BCUT2D eigenvalue weighted by Crippen LogP contribution is 2.19. The van der Waals surface area contributed by atoms with E-state index in [1.807, 2.05) is 36.4 Å². The monoisotopic (exact) mass is 610 g/mol. The van der Waals surface area contributed by atoms with Crippen molar-refractivity contribution in [3.05, 3.63) is 96.1 Å². The fourth-order valence-electron chi connectivity index (χ4n) is 3.73.